The molecule has 0 radical (unpaired) electrons. The number of carbonyl (C=O) groups is 2. The maximum Gasteiger partial charge on any atom is 0.238 e. The molecule has 0 heterocycles. The van der Waals surface area contributed by atoms with Crippen LogP contribution in [0.3, 0.4) is 0 Å². The quantitative estimate of drug-likeness (QED) is 0.264. The monoisotopic (exact) mass is 564 g/mol. The van der Waals surface area contributed by atoms with Gasteiger partial charge in [0.25, 0.3) is 0 Å². The van der Waals surface area contributed by atoms with E-state index in [4.69, 9.17) is 0 Å². The number of amides is 2. The summed E-state index contributed by atoms with van der Waals surface area (Å²) in [7, 11) is 0. The molecule has 2 saturated carbocycles. The van der Waals surface area contributed by atoms with Gasteiger partial charge in [-0.2, -0.15) is 0 Å². The van der Waals surface area contributed by atoms with Crippen LogP contribution in [0.2, 0.25) is 0 Å². The van der Waals surface area contributed by atoms with Gasteiger partial charge in [0.1, 0.15) is 0 Å². The maximum atomic E-state index is 12.7. The summed E-state index contributed by atoms with van der Waals surface area (Å²) in [5.74, 6) is 1.27. The van der Waals surface area contributed by atoms with Crippen LogP contribution in [0.4, 0.5) is 0 Å². The van der Waals surface area contributed by atoms with Gasteiger partial charge in [-0.15, -0.1) is 0 Å². The fourth-order valence-corrected chi connectivity index (χ4v) is 7.62. The second kappa shape index (κ2) is 13.0. The number of rotatable bonds is 6. The van der Waals surface area contributed by atoms with Gasteiger partial charge in [-0.25, -0.2) is 0 Å². The Morgan fingerprint density at radius 3 is 0.950 bits per heavy atom. The van der Waals surface area contributed by atoms with Crippen LogP contribution in [0.5, 0.6) is 0 Å². The summed E-state index contributed by atoms with van der Waals surface area (Å²) >= 11 is 0. The van der Waals surface area contributed by atoms with Crippen molar-refractivity contribution >= 4 is 11.8 Å². The standard InChI is InChI=1S/C34H64N2O4/c1-31(2,3)23-17-21(18-24(29(23)39)32(4,5)6)13-15-27(37)35-36-28(38)16-14-22-19-25(33(7,8)9)30(40)26(20-22)34(10,11)12/h21-26,29-30,39-40H,13-20H2,1-12H3,(H,35,37)(H,36,38). The molecule has 234 valence electrons. The van der Waals surface area contributed by atoms with Gasteiger partial charge in [0, 0.05) is 12.8 Å². The predicted octanol–water partition coefficient (Wildman–Crippen LogP) is 6.89. The fraction of sp³-hybridized carbons (Fsp3) is 0.941. The molecule has 40 heavy (non-hydrogen) atoms. The van der Waals surface area contributed by atoms with Crippen molar-refractivity contribution < 1.29 is 19.8 Å². The first-order chi connectivity index (χ1) is 18.0. The molecule has 0 saturated heterocycles. The van der Waals surface area contributed by atoms with Gasteiger partial charge >= 0.3 is 0 Å². The van der Waals surface area contributed by atoms with Crippen LogP contribution < -0.4 is 10.9 Å². The molecular weight excluding hydrogens is 500 g/mol. The van der Waals surface area contributed by atoms with Crippen LogP contribution in [-0.4, -0.2) is 34.2 Å². The second-order valence-corrected chi connectivity index (χ2v) is 17.7. The normalized spacial score (nSPS) is 32.5. The molecule has 4 N–H and O–H groups in total. The third kappa shape index (κ3) is 9.71. The summed E-state index contributed by atoms with van der Waals surface area (Å²) < 4.78 is 0. The van der Waals surface area contributed by atoms with E-state index in [1.54, 1.807) is 0 Å². The first-order valence-corrected chi connectivity index (χ1v) is 16.0. The van der Waals surface area contributed by atoms with E-state index in [1.807, 2.05) is 0 Å². The third-order valence-corrected chi connectivity index (χ3v) is 10.3. The molecule has 0 bridgehead atoms. The van der Waals surface area contributed by atoms with Crippen LogP contribution >= 0.6 is 0 Å². The van der Waals surface area contributed by atoms with Crippen LogP contribution in [0.15, 0.2) is 0 Å². The lowest BCUT2D eigenvalue weighted by atomic mass is 9.58. The SMILES string of the molecule is CC(C)(C)C1CC(CCC(=O)NNC(=O)CCC2CC(C(C)(C)C)C(O)C(C(C)(C)C)C2)CC(C(C)(C)C)C1O. The molecule has 6 heteroatoms. The summed E-state index contributed by atoms with van der Waals surface area (Å²) in [6.45, 7) is 26.4. The summed E-state index contributed by atoms with van der Waals surface area (Å²) in [4.78, 5) is 25.3. The topological polar surface area (TPSA) is 98.7 Å². The zero-order valence-corrected chi connectivity index (χ0v) is 28.0. The minimum atomic E-state index is -0.325. The van der Waals surface area contributed by atoms with Crippen molar-refractivity contribution in [2.24, 2.45) is 57.2 Å². The molecule has 0 aliphatic heterocycles. The smallest absolute Gasteiger partial charge is 0.238 e. The largest absolute Gasteiger partial charge is 0.393 e. The molecule has 2 amide bonds. The van der Waals surface area contributed by atoms with Gasteiger partial charge in [-0.3, -0.25) is 20.4 Å². The van der Waals surface area contributed by atoms with Crippen molar-refractivity contribution in [2.45, 2.75) is 147 Å². The van der Waals surface area contributed by atoms with Gasteiger partial charge in [0.15, 0.2) is 0 Å². The minimum absolute atomic E-state index is 0.00798. The summed E-state index contributed by atoms with van der Waals surface area (Å²) in [6.07, 6.45) is 5.34. The lowest BCUT2D eigenvalue weighted by Gasteiger charge is -2.49. The number of aliphatic hydroxyl groups excluding tert-OH is 2. The summed E-state index contributed by atoms with van der Waals surface area (Å²) in [5, 5.41) is 22.3. The Morgan fingerprint density at radius 2 is 0.750 bits per heavy atom. The molecule has 4 atom stereocenters. The van der Waals surface area contributed by atoms with E-state index in [1.165, 1.54) is 0 Å². The molecule has 2 fully saturated rings. The Labute approximate surface area is 246 Å². The van der Waals surface area contributed by atoms with Gasteiger partial charge < -0.3 is 10.2 Å². The number of carbonyl (C=O) groups excluding carboxylic acids is 2. The van der Waals surface area contributed by atoms with E-state index in [9.17, 15) is 19.8 Å². The molecule has 2 aliphatic carbocycles. The van der Waals surface area contributed by atoms with Gasteiger partial charge in [-0.1, -0.05) is 83.1 Å². The van der Waals surface area contributed by atoms with E-state index in [0.717, 1.165) is 38.5 Å². The highest BCUT2D eigenvalue weighted by atomic mass is 16.3. The van der Waals surface area contributed by atoms with Gasteiger partial charge in [-0.05, 0) is 95.7 Å². The van der Waals surface area contributed by atoms with Crippen LogP contribution in [-0.2, 0) is 9.59 Å². The first-order valence-electron chi connectivity index (χ1n) is 16.0. The molecule has 2 aliphatic rings. The number of nitrogens with one attached hydrogen (secondary N) is 2. The maximum absolute atomic E-state index is 12.7. The minimum Gasteiger partial charge on any atom is -0.393 e. The Kier molecular flexibility index (Phi) is 11.4. The zero-order chi connectivity index (χ0) is 30.8. The Morgan fingerprint density at radius 1 is 0.525 bits per heavy atom. The van der Waals surface area contributed by atoms with Gasteiger partial charge in [0.05, 0.1) is 12.2 Å². The lowest BCUT2D eigenvalue weighted by molar-refractivity contribution is -0.130. The highest BCUT2D eigenvalue weighted by Gasteiger charge is 2.47. The van der Waals surface area contributed by atoms with E-state index >= 15 is 0 Å². The van der Waals surface area contributed by atoms with E-state index in [2.05, 4.69) is 93.9 Å². The van der Waals surface area contributed by atoms with Crippen molar-refractivity contribution in [3.63, 3.8) is 0 Å². The third-order valence-electron chi connectivity index (χ3n) is 10.3. The van der Waals surface area contributed by atoms with Crippen molar-refractivity contribution in [3.05, 3.63) is 0 Å². The van der Waals surface area contributed by atoms with Crippen molar-refractivity contribution in [2.75, 3.05) is 0 Å². The first kappa shape index (κ1) is 35.1. The molecule has 0 aromatic heterocycles. The summed E-state index contributed by atoms with van der Waals surface area (Å²) in [5.41, 5.74) is 5.33. The molecule has 0 aromatic rings. The number of hydrazine groups is 1. The van der Waals surface area contributed by atoms with Crippen molar-refractivity contribution in [1.82, 2.24) is 10.9 Å². The second-order valence-electron chi connectivity index (χ2n) is 17.7. The molecule has 0 aromatic carbocycles. The number of aliphatic hydroxyl groups is 2. The highest BCUT2D eigenvalue weighted by Crippen LogP contribution is 2.50. The Balaban J connectivity index is 1.86. The zero-order valence-electron chi connectivity index (χ0n) is 28.0. The van der Waals surface area contributed by atoms with Gasteiger partial charge in [0.2, 0.25) is 11.8 Å². The van der Waals surface area contributed by atoms with Crippen LogP contribution in [0.1, 0.15) is 134 Å². The highest BCUT2D eigenvalue weighted by molar-refractivity contribution is 5.81. The van der Waals surface area contributed by atoms with E-state index in [0.29, 0.717) is 24.7 Å². The van der Waals surface area contributed by atoms with E-state index in [-0.39, 0.29) is 69.4 Å². The van der Waals surface area contributed by atoms with Crippen molar-refractivity contribution in [1.29, 1.82) is 0 Å². The Hall–Kier alpha value is -1.14. The molecular formula is C34H64N2O4. The molecule has 6 nitrogen and oxygen atoms in total. The average Bonchev–Trinajstić information content (AvgIpc) is 2.78. The summed E-state index contributed by atoms with van der Waals surface area (Å²) in [6, 6.07) is 0. The van der Waals surface area contributed by atoms with Crippen LogP contribution in [0.25, 0.3) is 0 Å². The van der Waals surface area contributed by atoms with E-state index < -0.39 is 0 Å². The fourth-order valence-electron chi connectivity index (χ4n) is 7.62. The number of hydrogen-bond acceptors (Lipinski definition) is 4. The molecule has 4 unspecified atom stereocenters. The lowest BCUT2D eigenvalue weighted by Crippen LogP contribution is -2.48. The predicted molar refractivity (Wildman–Crippen MR) is 164 cm³/mol. The molecule has 2 rings (SSSR count). The number of hydrogen-bond donors (Lipinski definition) is 4. The Bertz CT molecular complexity index is 724. The van der Waals surface area contributed by atoms with Crippen LogP contribution in [0, 0.1) is 57.2 Å². The average molecular weight is 565 g/mol. The van der Waals surface area contributed by atoms with Crippen molar-refractivity contribution in [3.8, 4) is 0 Å². The molecule has 0 spiro atoms.